The molecular weight excluding hydrogens is 292 g/mol. The molecule has 0 bridgehead atoms. The Morgan fingerprint density at radius 2 is 1.73 bits per heavy atom. The van der Waals surface area contributed by atoms with Gasteiger partial charge in [0, 0.05) is 9.79 Å². The first-order chi connectivity index (χ1) is 10.6. The van der Waals surface area contributed by atoms with Crippen LogP contribution in [0.1, 0.15) is 11.1 Å². The van der Waals surface area contributed by atoms with Crippen LogP contribution in [0.5, 0.6) is 0 Å². The fourth-order valence-electron chi connectivity index (χ4n) is 2.83. The van der Waals surface area contributed by atoms with Crippen molar-refractivity contribution < 1.29 is 5.06 Å². The van der Waals surface area contributed by atoms with E-state index in [1.54, 1.807) is 0 Å². The number of nitrogens with zero attached hydrogens (tertiary/aromatic N) is 1. The number of hydroxylamine groups is 2. The Balaban J connectivity index is 1.85. The third kappa shape index (κ3) is 3.46. The molecule has 3 rings (SSSR count). The lowest BCUT2D eigenvalue weighted by molar-refractivity contribution is -0.848. The van der Waals surface area contributed by atoms with Crippen LogP contribution in [0.25, 0.3) is 0 Å². The van der Waals surface area contributed by atoms with Crippen LogP contribution in [0.3, 0.4) is 0 Å². The number of piperazine rings is 1. The molecular formula is C18H22N2OS. The lowest BCUT2D eigenvalue weighted by Gasteiger charge is -2.36. The third-order valence-corrected chi connectivity index (χ3v) is 5.32. The van der Waals surface area contributed by atoms with Crippen molar-refractivity contribution in [1.29, 1.82) is 0 Å². The fourth-order valence-corrected chi connectivity index (χ4v) is 3.88. The van der Waals surface area contributed by atoms with Crippen LogP contribution < -0.4 is 9.96 Å². The number of quaternary nitrogens is 1. The van der Waals surface area contributed by atoms with E-state index >= 15 is 0 Å². The van der Waals surface area contributed by atoms with E-state index in [9.17, 15) is 5.21 Å². The number of aryl methyl sites for hydroxylation is 2. The quantitative estimate of drug-likeness (QED) is 0.884. The molecule has 0 radical (unpaired) electrons. The molecule has 0 saturated carbocycles. The Labute approximate surface area is 136 Å². The molecule has 1 N–H and O–H groups in total. The van der Waals surface area contributed by atoms with Gasteiger partial charge >= 0.3 is 0 Å². The van der Waals surface area contributed by atoms with Gasteiger partial charge in [-0.1, -0.05) is 41.6 Å². The first-order valence-corrected chi connectivity index (χ1v) is 8.56. The first kappa shape index (κ1) is 15.4. The van der Waals surface area contributed by atoms with Crippen LogP contribution in [0.15, 0.2) is 52.3 Å². The lowest BCUT2D eigenvalue weighted by Crippen LogP contribution is -3.10. The van der Waals surface area contributed by atoms with Gasteiger partial charge in [0.1, 0.15) is 0 Å². The van der Waals surface area contributed by atoms with E-state index in [1.165, 1.54) is 26.6 Å². The minimum atomic E-state index is 0.385. The molecule has 1 aliphatic heterocycles. The minimum absolute atomic E-state index is 0.385. The SMILES string of the molecule is Cc1ccc(Sc2ccccc2N2CC[NH+]([O-])CC2)c(C)c1. The smallest absolute Gasteiger partial charge is 0.0946 e. The molecule has 116 valence electrons. The fraction of sp³-hybridized carbons (Fsp3) is 0.333. The average Bonchev–Trinajstić information content (AvgIpc) is 2.51. The van der Waals surface area contributed by atoms with Gasteiger partial charge in [0.25, 0.3) is 0 Å². The van der Waals surface area contributed by atoms with Gasteiger partial charge in [-0.2, -0.15) is 0 Å². The monoisotopic (exact) mass is 314 g/mol. The molecule has 2 aromatic carbocycles. The summed E-state index contributed by atoms with van der Waals surface area (Å²) in [6.45, 7) is 7.30. The van der Waals surface area contributed by atoms with Crippen LogP contribution in [0, 0.1) is 19.1 Å². The van der Waals surface area contributed by atoms with Gasteiger partial charge in [-0.15, -0.1) is 0 Å². The Hall–Kier alpha value is -1.49. The summed E-state index contributed by atoms with van der Waals surface area (Å²) in [5, 5.41) is 11.8. The molecule has 0 unspecified atom stereocenters. The minimum Gasteiger partial charge on any atom is -0.634 e. The summed E-state index contributed by atoms with van der Waals surface area (Å²) in [7, 11) is 0. The van der Waals surface area contributed by atoms with E-state index in [4.69, 9.17) is 0 Å². The number of rotatable bonds is 3. The van der Waals surface area contributed by atoms with Crippen LogP contribution in [0.4, 0.5) is 5.69 Å². The largest absolute Gasteiger partial charge is 0.634 e. The van der Waals surface area contributed by atoms with Crippen molar-refractivity contribution in [2.75, 3.05) is 31.1 Å². The van der Waals surface area contributed by atoms with Gasteiger partial charge in [-0.3, -0.25) is 0 Å². The third-order valence-electron chi connectivity index (χ3n) is 4.08. The number of hydrogen-bond acceptors (Lipinski definition) is 3. The zero-order valence-electron chi connectivity index (χ0n) is 13.1. The average molecular weight is 314 g/mol. The van der Waals surface area contributed by atoms with Crippen LogP contribution in [-0.2, 0) is 0 Å². The van der Waals surface area contributed by atoms with Gasteiger partial charge in [0.05, 0.1) is 31.9 Å². The highest BCUT2D eigenvalue weighted by Crippen LogP contribution is 2.37. The molecule has 1 heterocycles. The molecule has 0 atom stereocenters. The van der Waals surface area contributed by atoms with Crippen molar-refractivity contribution in [3.63, 3.8) is 0 Å². The molecule has 0 amide bonds. The first-order valence-electron chi connectivity index (χ1n) is 7.74. The predicted octanol–water partition coefficient (Wildman–Crippen LogP) is 2.66. The van der Waals surface area contributed by atoms with Gasteiger partial charge in [-0.25, -0.2) is 0 Å². The molecule has 3 nitrogen and oxygen atoms in total. The molecule has 0 aliphatic carbocycles. The van der Waals surface area contributed by atoms with Gasteiger partial charge in [-0.05, 0) is 37.6 Å². The van der Waals surface area contributed by atoms with Crippen LogP contribution in [-0.4, -0.2) is 26.2 Å². The van der Waals surface area contributed by atoms with E-state index < -0.39 is 0 Å². The summed E-state index contributed by atoms with van der Waals surface area (Å²) >= 11 is 1.82. The number of para-hydroxylation sites is 1. The Kier molecular flexibility index (Phi) is 4.71. The maximum Gasteiger partial charge on any atom is 0.0946 e. The van der Waals surface area contributed by atoms with E-state index in [-0.39, 0.29) is 0 Å². The van der Waals surface area contributed by atoms with Crippen molar-refractivity contribution in [3.05, 3.63) is 58.8 Å². The molecule has 22 heavy (non-hydrogen) atoms. The van der Waals surface area contributed by atoms with E-state index in [0.29, 0.717) is 18.2 Å². The summed E-state index contributed by atoms with van der Waals surface area (Å²) in [4.78, 5) is 4.91. The highest BCUT2D eigenvalue weighted by atomic mass is 32.2. The van der Waals surface area contributed by atoms with Crippen molar-refractivity contribution in [2.45, 2.75) is 23.6 Å². The zero-order chi connectivity index (χ0) is 15.5. The van der Waals surface area contributed by atoms with E-state index in [2.05, 4.69) is 61.2 Å². The van der Waals surface area contributed by atoms with E-state index in [1.807, 2.05) is 11.8 Å². The molecule has 0 aromatic heterocycles. The summed E-state index contributed by atoms with van der Waals surface area (Å²) in [6, 6.07) is 15.1. The highest BCUT2D eigenvalue weighted by molar-refractivity contribution is 7.99. The molecule has 2 aromatic rings. The second-order valence-electron chi connectivity index (χ2n) is 5.86. The molecule has 0 spiro atoms. The molecule has 1 aliphatic rings. The lowest BCUT2D eigenvalue weighted by atomic mass is 10.2. The topological polar surface area (TPSA) is 30.7 Å². The maximum absolute atomic E-state index is 11.5. The number of anilines is 1. The second-order valence-corrected chi connectivity index (χ2v) is 6.95. The Morgan fingerprint density at radius 1 is 1.00 bits per heavy atom. The Bertz CT molecular complexity index is 651. The van der Waals surface area contributed by atoms with Crippen molar-refractivity contribution in [2.24, 2.45) is 0 Å². The highest BCUT2D eigenvalue weighted by Gasteiger charge is 2.18. The summed E-state index contributed by atoms with van der Waals surface area (Å²) in [6.07, 6.45) is 0. The standard InChI is InChI=1S/C18H22N2OS/c1-14-7-8-17(15(2)13-14)22-18-6-4-3-5-16(18)19-9-11-20(21)12-10-19/h3-8,13,20H,9-12H2,1-2H3. The maximum atomic E-state index is 11.5. The molecule has 4 heteroatoms. The summed E-state index contributed by atoms with van der Waals surface area (Å²) in [5.74, 6) is 0. The normalized spacial score (nSPS) is 16.0. The van der Waals surface area contributed by atoms with Crippen molar-refractivity contribution in [3.8, 4) is 0 Å². The predicted molar refractivity (Wildman–Crippen MR) is 92.8 cm³/mol. The van der Waals surface area contributed by atoms with Crippen molar-refractivity contribution >= 4 is 17.4 Å². The van der Waals surface area contributed by atoms with Crippen LogP contribution >= 0.6 is 11.8 Å². The van der Waals surface area contributed by atoms with Gasteiger partial charge in [0.15, 0.2) is 0 Å². The zero-order valence-corrected chi connectivity index (χ0v) is 14.0. The number of benzene rings is 2. The van der Waals surface area contributed by atoms with E-state index in [0.717, 1.165) is 13.1 Å². The number of hydrogen-bond donors (Lipinski definition) is 1. The summed E-state index contributed by atoms with van der Waals surface area (Å²) < 4.78 is 0. The Morgan fingerprint density at radius 3 is 2.45 bits per heavy atom. The number of nitrogens with one attached hydrogen (secondary N) is 1. The second kappa shape index (κ2) is 6.73. The molecule has 1 fully saturated rings. The van der Waals surface area contributed by atoms with Gasteiger partial charge in [0.2, 0.25) is 0 Å². The summed E-state index contributed by atoms with van der Waals surface area (Å²) in [5.41, 5.74) is 3.86. The molecule has 1 saturated heterocycles. The van der Waals surface area contributed by atoms with Gasteiger partial charge < -0.3 is 15.2 Å². The van der Waals surface area contributed by atoms with Crippen molar-refractivity contribution in [1.82, 2.24) is 0 Å². The van der Waals surface area contributed by atoms with Crippen LogP contribution in [0.2, 0.25) is 0 Å².